The molecule has 0 spiro atoms. The van der Waals surface area contributed by atoms with E-state index in [-0.39, 0.29) is 23.8 Å². The van der Waals surface area contributed by atoms with E-state index < -0.39 is 16.3 Å². The zero-order valence-corrected chi connectivity index (χ0v) is 9.92. The summed E-state index contributed by atoms with van der Waals surface area (Å²) in [5.74, 6) is -0.623. The molecular formula is C12H11NO6. The van der Waals surface area contributed by atoms with Crippen LogP contribution in [0.2, 0.25) is 0 Å². The van der Waals surface area contributed by atoms with E-state index in [0.717, 1.165) is 0 Å². The van der Waals surface area contributed by atoms with Gasteiger partial charge in [0.15, 0.2) is 5.75 Å². The zero-order valence-electron chi connectivity index (χ0n) is 9.92. The molecule has 1 aromatic carbocycles. The minimum atomic E-state index is -0.999. The number of hydrogen-bond acceptors (Lipinski definition) is 5. The Bertz CT molecular complexity index is 578. The molecule has 100 valence electrons. The van der Waals surface area contributed by atoms with Gasteiger partial charge in [-0.3, -0.25) is 14.9 Å². The van der Waals surface area contributed by atoms with Gasteiger partial charge in [-0.1, -0.05) is 0 Å². The summed E-state index contributed by atoms with van der Waals surface area (Å²) in [6.07, 6.45) is 0.970. The second kappa shape index (κ2) is 3.84. The Morgan fingerprint density at radius 3 is 2.58 bits per heavy atom. The van der Waals surface area contributed by atoms with Crippen molar-refractivity contribution in [2.75, 3.05) is 13.2 Å². The Morgan fingerprint density at radius 2 is 2.00 bits per heavy atom. The van der Waals surface area contributed by atoms with Gasteiger partial charge in [0, 0.05) is 6.07 Å². The number of nitro groups is 1. The first kappa shape index (κ1) is 11.8. The summed E-state index contributed by atoms with van der Waals surface area (Å²) < 4.78 is 10.6. The molecule has 0 aromatic heterocycles. The van der Waals surface area contributed by atoms with Crippen molar-refractivity contribution in [3.63, 3.8) is 0 Å². The van der Waals surface area contributed by atoms with Crippen LogP contribution in [0.5, 0.6) is 11.5 Å². The smallest absolute Gasteiger partial charge is 0.315 e. The van der Waals surface area contributed by atoms with Gasteiger partial charge in [-0.15, -0.1) is 0 Å². The van der Waals surface area contributed by atoms with Crippen LogP contribution in [0.4, 0.5) is 5.69 Å². The monoisotopic (exact) mass is 265 g/mol. The highest BCUT2D eigenvalue weighted by molar-refractivity contribution is 5.85. The fourth-order valence-corrected chi connectivity index (χ4v) is 2.30. The molecule has 0 radical (unpaired) electrons. The number of benzene rings is 1. The van der Waals surface area contributed by atoms with E-state index in [4.69, 9.17) is 9.47 Å². The second-order valence-corrected chi connectivity index (χ2v) is 4.66. The molecule has 1 heterocycles. The van der Waals surface area contributed by atoms with Gasteiger partial charge >= 0.3 is 11.7 Å². The summed E-state index contributed by atoms with van der Waals surface area (Å²) in [5.41, 5.74) is -0.823. The predicted octanol–water partition coefficient (Wildman–Crippen LogP) is 1.48. The fraction of sp³-hybridized carbons (Fsp3) is 0.417. The molecular weight excluding hydrogens is 254 g/mol. The number of rotatable bonds is 3. The number of ether oxygens (including phenoxy) is 2. The predicted molar refractivity (Wildman–Crippen MR) is 62.6 cm³/mol. The van der Waals surface area contributed by atoms with Crippen LogP contribution in [0.3, 0.4) is 0 Å². The van der Waals surface area contributed by atoms with E-state index in [1.54, 1.807) is 6.07 Å². The van der Waals surface area contributed by atoms with Gasteiger partial charge in [0.2, 0.25) is 5.75 Å². The summed E-state index contributed by atoms with van der Waals surface area (Å²) in [4.78, 5) is 21.8. The first-order valence-electron chi connectivity index (χ1n) is 5.86. The lowest BCUT2D eigenvalue weighted by atomic mass is 9.95. The van der Waals surface area contributed by atoms with Crippen molar-refractivity contribution in [1.82, 2.24) is 0 Å². The quantitative estimate of drug-likeness (QED) is 0.656. The SMILES string of the molecule is O=C(O)C1(c2cc3c(c([N+](=O)[O-])c2)OCCO3)CC1. The number of carboxylic acids is 1. The average Bonchev–Trinajstić information content (AvgIpc) is 3.18. The van der Waals surface area contributed by atoms with Crippen LogP contribution in [0, 0.1) is 10.1 Å². The molecule has 1 aliphatic carbocycles. The highest BCUT2D eigenvalue weighted by Crippen LogP contribution is 2.52. The van der Waals surface area contributed by atoms with Gasteiger partial charge in [0.1, 0.15) is 13.2 Å². The maximum Gasteiger partial charge on any atom is 0.315 e. The van der Waals surface area contributed by atoms with Crippen LogP contribution in [0.15, 0.2) is 12.1 Å². The molecule has 0 bridgehead atoms. The second-order valence-electron chi connectivity index (χ2n) is 4.66. The third-order valence-corrected chi connectivity index (χ3v) is 3.53. The molecule has 3 rings (SSSR count). The summed E-state index contributed by atoms with van der Waals surface area (Å²) in [6.45, 7) is 0.547. The van der Waals surface area contributed by atoms with E-state index in [2.05, 4.69) is 0 Å². The van der Waals surface area contributed by atoms with Gasteiger partial charge in [0.05, 0.1) is 10.3 Å². The molecule has 7 heteroatoms. The number of fused-ring (bicyclic) bond motifs is 1. The Labute approximate surface area is 107 Å². The molecule has 7 nitrogen and oxygen atoms in total. The van der Waals surface area contributed by atoms with Crippen molar-refractivity contribution in [3.05, 3.63) is 27.8 Å². The molecule has 0 saturated heterocycles. The first-order chi connectivity index (χ1) is 9.04. The molecule has 0 unspecified atom stereocenters. The molecule has 1 saturated carbocycles. The first-order valence-corrected chi connectivity index (χ1v) is 5.86. The van der Waals surface area contributed by atoms with Gasteiger partial charge in [-0.05, 0) is 24.5 Å². The van der Waals surface area contributed by atoms with Crippen molar-refractivity contribution in [2.45, 2.75) is 18.3 Å². The standard InChI is InChI=1S/C12H11NO6/c14-11(15)12(1-2-12)7-5-8(13(16)17)10-9(6-7)18-3-4-19-10/h5-6H,1-4H2,(H,14,15). The molecule has 0 atom stereocenters. The molecule has 2 aliphatic rings. The van der Waals surface area contributed by atoms with E-state index >= 15 is 0 Å². The lowest BCUT2D eigenvalue weighted by Gasteiger charge is -2.20. The number of carbonyl (C=O) groups is 1. The lowest BCUT2D eigenvalue weighted by Crippen LogP contribution is -2.21. The van der Waals surface area contributed by atoms with Gasteiger partial charge < -0.3 is 14.6 Å². The van der Waals surface area contributed by atoms with Gasteiger partial charge in [-0.2, -0.15) is 0 Å². The molecule has 1 aliphatic heterocycles. The van der Waals surface area contributed by atoms with E-state index in [1.807, 2.05) is 0 Å². The molecule has 1 N–H and O–H groups in total. The molecule has 1 aromatic rings. The van der Waals surface area contributed by atoms with E-state index in [9.17, 15) is 20.0 Å². The highest BCUT2D eigenvalue weighted by atomic mass is 16.6. The largest absolute Gasteiger partial charge is 0.486 e. The minimum Gasteiger partial charge on any atom is -0.486 e. The number of aliphatic carboxylic acids is 1. The maximum atomic E-state index is 11.3. The van der Waals surface area contributed by atoms with Crippen molar-refractivity contribution >= 4 is 11.7 Å². The van der Waals surface area contributed by atoms with Crippen LogP contribution in [-0.4, -0.2) is 29.2 Å². The zero-order chi connectivity index (χ0) is 13.6. The molecule has 1 fully saturated rings. The van der Waals surface area contributed by atoms with Crippen LogP contribution >= 0.6 is 0 Å². The van der Waals surface area contributed by atoms with Gasteiger partial charge in [-0.25, -0.2) is 0 Å². The average molecular weight is 265 g/mol. The molecule has 0 amide bonds. The summed E-state index contributed by atoms with van der Waals surface area (Å²) >= 11 is 0. The number of hydrogen-bond donors (Lipinski definition) is 1. The Balaban J connectivity index is 2.15. The fourth-order valence-electron chi connectivity index (χ4n) is 2.30. The van der Waals surface area contributed by atoms with Crippen LogP contribution in [0.25, 0.3) is 0 Å². The lowest BCUT2D eigenvalue weighted by molar-refractivity contribution is -0.386. The van der Waals surface area contributed by atoms with E-state index in [0.29, 0.717) is 25.0 Å². The number of nitrogens with zero attached hydrogens (tertiary/aromatic N) is 1. The maximum absolute atomic E-state index is 11.3. The number of carboxylic acid groups (broad SMARTS) is 1. The summed E-state index contributed by atoms with van der Waals surface area (Å²) in [6, 6.07) is 2.83. The van der Waals surface area contributed by atoms with Crippen molar-refractivity contribution in [1.29, 1.82) is 0 Å². The topological polar surface area (TPSA) is 98.9 Å². The summed E-state index contributed by atoms with van der Waals surface area (Å²) in [7, 11) is 0. The Kier molecular flexibility index (Phi) is 2.38. The third-order valence-electron chi connectivity index (χ3n) is 3.53. The Morgan fingerprint density at radius 1 is 1.32 bits per heavy atom. The molecule has 19 heavy (non-hydrogen) atoms. The van der Waals surface area contributed by atoms with Crippen LogP contribution < -0.4 is 9.47 Å². The highest BCUT2D eigenvalue weighted by Gasteiger charge is 2.53. The van der Waals surface area contributed by atoms with Crippen LogP contribution in [0.1, 0.15) is 18.4 Å². The van der Waals surface area contributed by atoms with Crippen molar-refractivity contribution in [3.8, 4) is 11.5 Å². The van der Waals surface area contributed by atoms with E-state index in [1.165, 1.54) is 6.07 Å². The number of nitro benzene ring substituents is 1. The third kappa shape index (κ3) is 1.69. The van der Waals surface area contributed by atoms with Crippen molar-refractivity contribution in [2.24, 2.45) is 0 Å². The van der Waals surface area contributed by atoms with Gasteiger partial charge in [0.25, 0.3) is 0 Å². The van der Waals surface area contributed by atoms with Crippen LogP contribution in [-0.2, 0) is 10.2 Å². The summed E-state index contributed by atoms with van der Waals surface area (Å²) in [5, 5.41) is 20.3. The normalized spacial score (nSPS) is 18.7. The Hall–Kier alpha value is -2.31. The minimum absolute atomic E-state index is 0.0844. The van der Waals surface area contributed by atoms with Crippen molar-refractivity contribution < 1.29 is 24.3 Å².